The van der Waals surface area contributed by atoms with E-state index in [1.807, 2.05) is 18.2 Å². The molecule has 1 unspecified atom stereocenters. The summed E-state index contributed by atoms with van der Waals surface area (Å²) >= 11 is 3.42. The Morgan fingerprint density at radius 2 is 2.10 bits per heavy atom. The minimum atomic E-state index is -0.356. The summed E-state index contributed by atoms with van der Waals surface area (Å²) in [6.07, 6.45) is 1.92. The first kappa shape index (κ1) is 20.1. The molecule has 2 aromatic carbocycles. The predicted octanol–water partition coefficient (Wildman–Crippen LogP) is 5.12. The summed E-state index contributed by atoms with van der Waals surface area (Å²) in [5, 5.41) is 4.97. The van der Waals surface area contributed by atoms with Crippen LogP contribution in [0, 0.1) is 5.82 Å². The van der Waals surface area contributed by atoms with Crippen LogP contribution in [0.3, 0.4) is 0 Å². The zero-order valence-corrected chi connectivity index (χ0v) is 18.1. The molecule has 0 radical (unpaired) electrons. The van der Waals surface area contributed by atoms with Crippen LogP contribution in [0.15, 0.2) is 66.7 Å². The second kappa shape index (κ2) is 8.36. The van der Waals surface area contributed by atoms with Crippen molar-refractivity contribution in [2.75, 3.05) is 13.1 Å². The number of likely N-dealkylation sites (tertiary alicyclic amines) is 1. The molecule has 1 aliphatic heterocycles. The molecule has 1 fully saturated rings. The van der Waals surface area contributed by atoms with Gasteiger partial charge in [-0.1, -0.05) is 33.2 Å². The molecule has 31 heavy (non-hydrogen) atoms. The third kappa shape index (κ3) is 4.31. The summed E-state index contributed by atoms with van der Waals surface area (Å²) in [5.74, 6) is 0.706. The molecule has 3 heterocycles. The van der Waals surface area contributed by atoms with E-state index in [1.54, 1.807) is 18.2 Å². The number of aromatic nitrogens is 2. The number of benzene rings is 2. The van der Waals surface area contributed by atoms with E-state index >= 15 is 0 Å². The van der Waals surface area contributed by atoms with Crippen molar-refractivity contribution in [1.29, 1.82) is 0 Å². The maximum absolute atomic E-state index is 13.5. The Morgan fingerprint density at radius 1 is 1.19 bits per heavy atom. The maximum Gasteiger partial charge on any atom is 0.336 e. The summed E-state index contributed by atoms with van der Waals surface area (Å²) in [6.45, 7) is 2.29. The molecule has 0 N–H and O–H groups in total. The van der Waals surface area contributed by atoms with E-state index in [-0.39, 0.29) is 17.4 Å². The zero-order chi connectivity index (χ0) is 21.4. The lowest BCUT2D eigenvalue weighted by Gasteiger charge is -2.31. The van der Waals surface area contributed by atoms with Crippen molar-refractivity contribution in [3.63, 3.8) is 0 Å². The van der Waals surface area contributed by atoms with Crippen molar-refractivity contribution in [2.45, 2.75) is 25.3 Å². The minimum Gasteiger partial charge on any atom is -0.423 e. The van der Waals surface area contributed by atoms with Crippen LogP contribution >= 0.6 is 15.9 Å². The van der Waals surface area contributed by atoms with Crippen LogP contribution in [-0.4, -0.2) is 28.1 Å². The predicted molar refractivity (Wildman–Crippen MR) is 117 cm³/mol. The highest BCUT2D eigenvalue weighted by Gasteiger charge is 2.27. The lowest BCUT2D eigenvalue weighted by atomic mass is 9.97. The molecule has 5 rings (SSSR count). The Bertz CT molecular complexity index is 1300. The van der Waals surface area contributed by atoms with Gasteiger partial charge in [0.15, 0.2) is 0 Å². The average molecular weight is 484 g/mol. The molecule has 8 heteroatoms. The van der Waals surface area contributed by atoms with E-state index in [1.165, 1.54) is 12.1 Å². The maximum atomic E-state index is 13.5. The lowest BCUT2D eigenvalue weighted by Crippen LogP contribution is -2.34. The lowest BCUT2D eigenvalue weighted by molar-refractivity contribution is 0.180. The molecule has 1 saturated heterocycles. The van der Waals surface area contributed by atoms with E-state index in [9.17, 15) is 9.18 Å². The highest BCUT2D eigenvalue weighted by molar-refractivity contribution is 9.10. The fourth-order valence-electron chi connectivity index (χ4n) is 4.12. The quantitative estimate of drug-likeness (QED) is 0.375. The van der Waals surface area contributed by atoms with Crippen LogP contribution < -0.4 is 5.63 Å². The van der Waals surface area contributed by atoms with E-state index in [0.717, 1.165) is 41.4 Å². The highest BCUT2D eigenvalue weighted by atomic mass is 79.9. The van der Waals surface area contributed by atoms with Gasteiger partial charge in [0.2, 0.25) is 11.7 Å². The van der Waals surface area contributed by atoms with Crippen LogP contribution in [0.2, 0.25) is 0 Å². The van der Waals surface area contributed by atoms with Crippen molar-refractivity contribution >= 4 is 26.9 Å². The SMILES string of the molecule is O=c1cc(CN2CCCC(c3nc(-c4cccc(F)c4)no3)C2)c2ccc(Br)cc2o1. The molecule has 0 amide bonds. The van der Waals surface area contributed by atoms with E-state index in [0.29, 0.717) is 29.4 Å². The Balaban J connectivity index is 1.36. The van der Waals surface area contributed by atoms with Gasteiger partial charge in [0.25, 0.3) is 0 Å². The molecular formula is C23H19BrFN3O3. The molecule has 0 saturated carbocycles. The Morgan fingerprint density at radius 3 is 2.97 bits per heavy atom. The summed E-state index contributed by atoms with van der Waals surface area (Å²) < 4.78 is 25.2. The van der Waals surface area contributed by atoms with Crippen molar-refractivity contribution in [3.05, 3.63) is 80.7 Å². The minimum absolute atomic E-state index is 0.0871. The number of halogens is 2. The first-order valence-electron chi connectivity index (χ1n) is 10.1. The van der Waals surface area contributed by atoms with Crippen molar-refractivity contribution in [1.82, 2.24) is 15.0 Å². The average Bonchev–Trinajstić information content (AvgIpc) is 3.24. The van der Waals surface area contributed by atoms with Gasteiger partial charge in [0.05, 0.1) is 5.92 Å². The molecular weight excluding hydrogens is 465 g/mol. The number of fused-ring (bicyclic) bond motifs is 1. The number of hydrogen-bond donors (Lipinski definition) is 0. The molecule has 0 aliphatic carbocycles. The summed E-state index contributed by atoms with van der Waals surface area (Å²) in [4.78, 5) is 18.9. The van der Waals surface area contributed by atoms with E-state index in [4.69, 9.17) is 8.94 Å². The van der Waals surface area contributed by atoms with Crippen molar-refractivity contribution in [2.24, 2.45) is 0 Å². The van der Waals surface area contributed by atoms with Gasteiger partial charge in [-0.2, -0.15) is 4.98 Å². The van der Waals surface area contributed by atoms with Crippen molar-refractivity contribution < 1.29 is 13.3 Å². The fraction of sp³-hybridized carbons (Fsp3) is 0.261. The van der Waals surface area contributed by atoms with Gasteiger partial charge in [-0.25, -0.2) is 9.18 Å². The third-order valence-corrected chi connectivity index (χ3v) is 6.06. The number of hydrogen-bond acceptors (Lipinski definition) is 6. The smallest absolute Gasteiger partial charge is 0.336 e. The van der Waals surface area contributed by atoms with Gasteiger partial charge in [-0.05, 0) is 55.3 Å². The Kier molecular flexibility index (Phi) is 5.41. The van der Waals surface area contributed by atoms with Crippen LogP contribution in [0.25, 0.3) is 22.4 Å². The van der Waals surface area contributed by atoms with E-state index in [2.05, 4.69) is 31.0 Å². The largest absolute Gasteiger partial charge is 0.423 e. The van der Waals surface area contributed by atoms with Crippen LogP contribution in [0.4, 0.5) is 4.39 Å². The fourth-order valence-corrected chi connectivity index (χ4v) is 4.46. The highest BCUT2D eigenvalue weighted by Crippen LogP contribution is 2.30. The molecule has 2 aromatic heterocycles. The molecule has 1 aliphatic rings. The van der Waals surface area contributed by atoms with E-state index < -0.39 is 0 Å². The van der Waals surface area contributed by atoms with Crippen molar-refractivity contribution in [3.8, 4) is 11.4 Å². The normalized spacial score (nSPS) is 17.3. The second-order valence-corrected chi connectivity index (χ2v) is 8.69. The van der Waals surface area contributed by atoms with Gasteiger partial charge >= 0.3 is 5.63 Å². The molecule has 158 valence electrons. The monoisotopic (exact) mass is 483 g/mol. The first-order chi connectivity index (χ1) is 15.0. The molecule has 1 atom stereocenters. The standard InChI is InChI=1S/C23H19BrFN3O3/c24-17-6-7-19-16(10-21(29)30-20(19)11-17)13-28-8-2-4-15(12-28)23-26-22(27-31-23)14-3-1-5-18(25)9-14/h1,3,5-7,9-11,15H,2,4,8,12-13H2. The molecule has 6 nitrogen and oxygen atoms in total. The van der Waals surface area contributed by atoms with Gasteiger partial charge in [-0.15, -0.1) is 0 Å². The van der Waals surface area contributed by atoms with Gasteiger partial charge in [0, 0.05) is 34.6 Å². The van der Waals surface area contributed by atoms with Crippen LogP contribution in [0.1, 0.15) is 30.2 Å². The van der Waals surface area contributed by atoms with Crippen LogP contribution in [0.5, 0.6) is 0 Å². The number of nitrogens with zero attached hydrogens (tertiary/aromatic N) is 3. The second-order valence-electron chi connectivity index (χ2n) is 7.77. The topological polar surface area (TPSA) is 72.4 Å². The summed E-state index contributed by atoms with van der Waals surface area (Å²) in [5.41, 5.74) is 1.74. The van der Waals surface area contributed by atoms with Crippen LogP contribution in [-0.2, 0) is 6.54 Å². The number of rotatable bonds is 4. The third-order valence-electron chi connectivity index (χ3n) is 5.57. The summed E-state index contributed by atoms with van der Waals surface area (Å²) in [6, 6.07) is 13.4. The molecule has 0 spiro atoms. The summed E-state index contributed by atoms with van der Waals surface area (Å²) in [7, 11) is 0. The van der Waals surface area contributed by atoms with Gasteiger partial charge in [0.1, 0.15) is 11.4 Å². The Hall–Kier alpha value is -2.84. The first-order valence-corrected chi connectivity index (χ1v) is 10.9. The number of piperidine rings is 1. The van der Waals surface area contributed by atoms with Gasteiger partial charge in [-0.3, -0.25) is 4.90 Å². The molecule has 0 bridgehead atoms. The van der Waals surface area contributed by atoms with Gasteiger partial charge < -0.3 is 8.94 Å². The Labute approximate surface area is 185 Å². The zero-order valence-electron chi connectivity index (χ0n) is 16.6. The molecule has 4 aromatic rings.